The third-order valence-electron chi connectivity index (χ3n) is 1.74. The smallest absolute Gasteiger partial charge is 0.277 e. The number of rotatable bonds is 3. The highest BCUT2D eigenvalue weighted by Gasteiger charge is 2.33. The molecule has 0 aromatic heterocycles. The van der Waals surface area contributed by atoms with Crippen molar-refractivity contribution in [3.63, 3.8) is 0 Å². The molecule has 0 amide bonds. The molecule has 0 saturated carbocycles. The van der Waals surface area contributed by atoms with Crippen molar-refractivity contribution in [1.82, 2.24) is 0 Å². The van der Waals surface area contributed by atoms with Crippen molar-refractivity contribution in [3.05, 3.63) is 29.8 Å². The second kappa shape index (κ2) is 4.68. The largest absolute Gasteiger partial charge is 0.541 e. The third kappa shape index (κ3) is 3.63. The molecule has 1 rings (SSSR count). The summed E-state index contributed by atoms with van der Waals surface area (Å²) in [7, 11) is -2.37. The van der Waals surface area contributed by atoms with Crippen molar-refractivity contribution in [1.29, 1.82) is 0 Å². The van der Waals surface area contributed by atoms with Gasteiger partial charge in [0, 0.05) is 18.2 Å². The van der Waals surface area contributed by atoms with E-state index >= 15 is 0 Å². The summed E-state index contributed by atoms with van der Waals surface area (Å²) in [4.78, 5) is 0. The summed E-state index contributed by atoms with van der Waals surface area (Å²) >= 11 is 11.4. The van der Waals surface area contributed by atoms with E-state index in [2.05, 4.69) is 0 Å². The van der Waals surface area contributed by atoms with Crippen LogP contribution in [-0.2, 0) is 0 Å². The molecule has 0 fully saturated rings. The van der Waals surface area contributed by atoms with Gasteiger partial charge in [-0.2, -0.15) is 0 Å². The number of benzene rings is 1. The lowest BCUT2D eigenvalue weighted by Crippen LogP contribution is -2.41. The van der Waals surface area contributed by atoms with Crippen molar-refractivity contribution < 1.29 is 13.2 Å². The molecule has 1 aromatic rings. The minimum Gasteiger partial charge on any atom is -0.541 e. The average molecular weight is 271 g/mol. The zero-order chi connectivity index (χ0) is 11.6. The quantitative estimate of drug-likeness (QED) is 0.598. The first-order chi connectivity index (χ1) is 6.81. The van der Waals surface area contributed by atoms with Crippen molar-refractivity contribution >= 4 is 31.5 Å². The average Bonchev–Trinajstić information content (AvgIpc) is 1.99. The van der Waals surface area contributed by atoms with Gasteiger partial charge in [0.25, 0.3) is 8.32 Å². The highest BCUT2D eigenvalue weighted by atomic mass is 35.5. The number of alkyl halides is 2. The van der Waals surface area contributed by atoms with Crippen LogP contribution >= 0.6 is 23.2 Å². The van der Waals surface area contributed by atoms with E-state index in [0.29, 0.717) is 0 Å². The van der Waals surface area contributed by atoms with Crippen LogP contribution in [0.2, 0.25) is 13.1 Å². The van der Waals surface area contributed by atoms with Gasteiger partial charge in [0.1, 0.15) is 21.8 Å². The lowest BCUT2D eigenvalue weighted by molar-refractivity contribution is 0.522. The van der Waals surface area contributed by atoms with Gasteiger partial charge in [0.2, 0.25) is 0 Å². The van der Waals surface area contributed by atoms with Crippen LogP contribution in [0, 0.1) is 11.6 Å². The first kappa shape index (κ1) is 12.7. The molecule has 0 aliphatic heterocycles. The van der Waals surface area contributed by atoms with Crippen LogP contribution < -0.4 is 4.43 Å². The van der Waals surface area contributed by atoms with Crippen LogP contribution in [0.1, 0.15) is 0 Å². The Morgan fingerprint density at radius 2 is 1.60 bits per heavy atom. The molecule has 0 aliphatic rings. The Balaban J connectivity index is 2.89. The van der Waals surface area contributed by atoms with E-state index in [0.717, 1.165) is 18.2 Å². The molecule has 0 aliphatic carbocycles. The molecule has 6 heteroatoms. The summed E-state index contributed by atoms with van der Waals surface area (Å²) in [6.07, 6.45) is 0. The Kier molecular flexibility index (Phi) is 3.97. The van der Waals surface area contributed by atoms with E-state index in [1.807, 2.05) is 0 Å². The molecule has 0 N–H and O–H groups in total. The molecule has 0 radical (unpaired) electrons. The summed E-state index contributed by atoms with van der Waals surface area (Å²) < 4.78 is 30.4. The van der Waals surface area contributed by atoms with Gasteiger partial charge in [-0.3, -0.25) is 0 Å². The van der Waals surface area contributed by atoms with E-state index in [1.165, 1.54) is 0 Å². The Morgan fingerprint density at radius 1 is 1.13 bits per heavy atom. The second-order valence-electron chi connectivity index (χ2n) is 3.61. The zero-order valence-corrected chi connectivity index (χ0v) is 10.7. The first-order valence-electron chi connectivity index (χ1n) is 4.24. The standard InChI is InChI=1S/C9H10Cl2F2OSi/c1-15(2,9(10)11)14-8-4-6(12)3-7(13)5-8/h3-5,9H,1-2H3. The molecular weight excluding hydrogens is 261 g/mol. The van der Waals surface area contributed by atoms with E-state index < -0.39 is 24.4 Å². The molecule has 0 bridgehead atoms. The number of hydrogen-bond donors (Lipinski definition) is 0. The summed E-state index contributed by atoms with van der Waals surface area (Å²) in [5.74, 6) is -1.25. The topological polar surface area (TPSA) is 9.23 Å². The van der Waals surface area contributed by atoms with Crippen LogP contribution in [0.5, 0.6) is 5.75 Å². The minimum absolute atomic E-state index is 0.121. The summed E-state index contributed by atoms with van der Waals surface area (Å²) in [6, 6.07) is 2.99. The Morgan fingerprint density at radius 3 is 2.00 bits per heavy atom. The lowest BCUT2D eigenvalue weighted by atomic mass is 10.3. The summed E-state index contributed by atoms with van der Waals surface area (Å²) in [5, 5.41) is 0. The van der Waals surface area contributed by atoms with Crippen molar-refractivity contribution in [2.75, 3.05) is 0 Å². The summed E-state index contributed by atoms with van der Waals surface area (Å²) in [5.41, 5.74) is 0. The Bertz CT molecular complexity index is 338. The molecule has 84 valence electrons. The molecule has 1 nitrogen and oxygen atoms in total. The van der Waals surface area contributed by atoms with Crippen LogP contribution in [0.15, 0.2) is 18.2 Å². The molecule has 15 heavy (non-hydrogen) atoms. The molecule has 0 atom stereocenters. The highest BCUT2D eigenvalue weighted by Crippen LogP contribution is 2.24. The molecule has 0 unspecified atom stereocenters. The minimum atomic E-state index is -2.37. The Hall–Kier alpha value is -0.323. The van der Waals surface area contributed by atoms with Crippen molar-refractivity contribution in [2.45, 2.75) is 17.6 Å². The van der Waals surface area contributed by atoms with Gasteiger partial charge in [0.05, 0.1) is 0 Å². The summed E-state index contributed by atoms with van der Waals surface area (Å²) in [6.45, 7) is 3.53. The second-order valence-corrected chi connectivity index (χ2v) is 9.43. The van der Waals surface area contributed by atoms with Gasteiger partial charge in [0.15, 0.2) is 0 Å². The maximum atomic E-state index is 12.8. The first-order valence-corrected chi connectivity index (χ1v) is 8.10. The van der Waals surface area contributed by atoms with Gasteiger partial charge in [-0.1, -0.05) is 0 Å². The van der Waals surface area contributed by atoms with Crippen LogP contribution in [0.25, 0.3) is 0 Å². The SMILES string of the molecule is C[Si](C)(Oc1cc(F)cc(F)c1)C(Cl)Cl. The monoisotopic (exact) mass is 270 g/mol. The van der Waals surface area contributed by atoms with Gasteiger partial charge in [-0.05, 0) is 13.1 Å². The van der Waals surface area contributed by atoms with Crippen LogP contribution in [-0.4, -0.2) is 12.8 Å². The molecular formula is C9H10Cl2F2OSi. The molecule has 0 heterocycles. The number of halogens is 4. The van der Waals surface area contributed by atoms with E-state index in [-0.39, 0.29) is 5.75 Å². The van der Waals surface area contributed by atoms with Crippen molar-refractivity contribution in [3.8, 4) is 5.75 Å². The van der Waals surface area contributed by atoms with E-state index in [9.17, 15) is 8.78 Å². The third-order valence-corrected chi connectivity index (χ3v) is 6.71. The maximum absolute atomic E-state index is 12.8. The normalized spacial score (nSPS) is 11.9. The van der Waals surface area contributed by atoms with Gasteiger partial charge >= 0.3 is 0 Å². The van der Waals surface area contributed by atoms with Gasteiger partial charge in [-0.15, -0.1) is 23.2 Å². The maximum Gasteiger partial charge on any atom is 0.277 e. The molecule has 0 saturated heterocycles. The number of hydrogen-bond acceptors (Lipinski definition) is 1. The fourth-order valence-electron chi connectivity index (χ4n) is 0.936. The zero-order valence-electron chi connectivity index (χ0n) is 8.23. The molecule has 1 aromatic carbocycles. The van der Waals surface area contributed by atoms with Crippen molar-refractivity contribution in [2.24, 2.45) is 0 Å². The fourth-order valence-corrected chi connectivity index (χ4v) is 2.02. The molecule has 0 spiro atoms. The van der Waals surface area contributed by atoms with Gasteiger partial charge in [-0.25, -0.2) is 8.78 Å². The predicted molar refractivity (Wildman–Crippen MR) is 60.0 cm³/mol. The van der Waals surface area contributed by atoms with Crippen LogP contribution in [0.3, 0.4) is 0 Å². The van der Waals surface area contributed by atoms with Gasteiger partial charge < -0.3 is 4.43 Å². The van der Waals surface area contributed by atoms with Crippen LogP contribution in [0.4, 0.5) is 8.78 Å². The Labute approximate surface area is 98.1 Å². The fraction of sp³-hybridized carbons (Fsp3) is 0.333. The van der Waals surface area contributed by atoms with E-state index in [1.54, 1.807) is 13.1 Å². The van der Waals surface area contributed by atoms with E-state index in [4.69, 9.17) is 27.6 Å². The highest BCUT2D eigenvalue weighted by molar-refractivity contribution is 6.88. The predicted octanol–water partition coefficient (Wildman–Crippen LogP) is 3.89. The lowest BCUT2D eigenvalue weighted by Gasteiger charge is -2.24.